The van der Waals surface area contributed by atoms with E-state index in [0.717, 1.165) is 17.2 Å². The van der Waals surface area contributed by atoms with Gasteiger partial charge in [0.15, 0.2) is 11.8 Å². The lowest BCUT2D eigenvalue weighted by atomic mass is 10.0. The number of nitrogens with zero attached hydrogens (tertiary/aromatic N) is 4. The Bertz CT molecular complexity index is 945. The molecule has 31 heavy (non-hydrogen) atoms. The molecule has 2 unspecified atom stereocenters. The zero-order valence-corrected chi connectivity index (χ0v) is 20.5. The van der Waals surface area contributed by atoms with Crippen molar-refractivity contribution >= 4 is 29.9 Å². The minimum atomic E-state index is -0.0256. The van der Waals surface area contributed by atoms with Crippen molar-refractivity contribution in [1.82, 2.24) is 25.4 Å². The van der Waals surface area contributed by atoms with Gasteiger partial charge in [0.05, 0.1) is 12.6 Å². The third-order valence-corrected chi connectivity index (χ3v) is 5.22. The molecule has 3 rings (SSSR count). The predicted molar refractivity (Wildman–Crippen MR) is 135 cm³/mol. The number of aryl methyl sites for hydroxylation is 1. The molecule has 3 aromatic rings. The molecule has 166 valence electrons. The maximum absolute atomic E-state index is 9.88. The Morgan fingerprint density at radius 3 is 2.19 bits per heavy atom. The van der Waals surface area contributed by atoms with Gasteiger partial charge in [0.1, 0.15) is 12.4 Å². The van der Waals surface area contributed by atoms with Crippen molar-refractivity contribution < 1.29 is 5.11 Å². The van der Waals surface area contributed by atoms with Crippen molar-refractivity contribution in [2.75, 3.05) is 13.2 Å². The van der Waals surface area contributed by atoms with Crippen molar-refractivity contribution in [2.24, 2.45) is 12.0 Å². The van der Waals surface area contributed by atoms with Gasteiger partial charge < -0.3 is 20.3 Å². The minimum absolute atomic E-state index is 0. The van der Waals surface area contributed by atoms with Crippen molar-refractivity contribution in [3.8, 4) is 0 Å². The Morgan fingerprint density at radius 1 is 1.03 bits per heavy atom. The smallest absolute Gasteiger partial charge is 0.192 e. The number of rotatable bonds is 8. The summed E-state index contributed by atoms with van der Waals surface area (Å²) in [7, 11) is 1.94. The van der Waals surface area contributed by atoms with Crippen LogP contribution in [0.1, 0.15) is 41.7 Å². The fraction of sp³-hybridized carbons (Fsp3) is 0.348. The molecule has 0 aliphatic rings. The first-order valence-electron chi connectivity index (χ1n) is 10.2. The zero-order valence-electron chi connectivity index (χ0n) is 18.2. The fourth-order valence-corrected chi connectivity index (χ4v) is 3.15. The number of hydrogen-bond acceptors (Lipinski definition) is 4. The van der Waals surface area contributed by atoms with Crippen LogP contribution in [-0.4, -0.2) is 39.0 Å². The third kappa shape index (κ3) is 7.03. The van der Waals surface area contributed by atoms with Crippen LogP contribution in [0.2, 0.25) is 0 Å². The van der Waals surface area contributed by atoms with Gasteiger partial charge in [0.2, 0.25) is 0 Å². The quantitative estimate of drug-likeness (QED) is 0.235. The van der Waals surface area contributed by atoms with Crippen LogP contribution in [0.15, 0.2) is 65.7 Å². The Hall–Kier alpha value is -2.46. The average Bonchev–Trinajstić information content (AvgIpc) is 3.11. The van der Waals surface area contributed by atoms with Gasteiger partial charge in [-0.25, -0.2) is 4.99 Å². The van der Waals surface area contributed by atoms with Gasteiger partial charge in [-0.2, -0.15) is 0 Å². The molecule has 7 nitrogen and oxygen atoms in total. The molecule has 0 aliphatic carbocycles. The van der Waals surface area contributed by atoms with Crippen molar-refractivity contribution in [2.45, 2.75) is 32.4 Å². The number of benzene rings is 2. The minimum Gasteiger partial charge on any atom is -0.396 e. The number of aliphatic hydroxyl groups is 1. The predicted octanol–water partition coefficient (Wildman–Crippen LogP) is 3.31. The van der Waals surface area contributed by atoms with Crippen molar-refractivity contribution in [3.05, 3.63) is 83.4 Å². The number of hydrogen-bond donors (Lipinski definition) is 3. The second kappa shape index (κ2) is 12.4. The molecule has 0 bridgehead atoms. The van der Waals surface area contributed by atoms with Crippen LogP contribution in [0.3, 0.4) is 0 Å². The molecule has 0 fully saturated rings. The number of aromatic nitrogens is 3. The molecule has 1 aromatic heterocycles. The molecule has 0 radical (unpaired) electrons. The van der Waals surface area contributed by atoms with Crippen LogP contribution < -0.4 is 10.6 Å². The van der Waals surface area contributed by atoms with Crippen LogP contribution >= 0.6 is 24.0 Å². The highest BCUT2D eigenvalue weighted by molar-refractivity contribution is 14.0. The summed E-state index contributed by atoms with van der Waals surface area (Å²) in [5, 5.41) is 25.0. The van der Waals surface area contributed by atoms with E-state index in [0.29, 0.717) is 19.0 Å². The van der Waals surface area contributed by atoms with E-state index >= 15 is 0 Å². The van der Waals surface area contributed by atoms with Gasteiger partial charge in [0.25, 0.3) is 0 Å². The summed E-state index contributed by atoms with van der Waals surface area (Å²) in [5.74, 6) is 2.29. The van der Waals surface area contributed by atoms with E-state index in [1.165, 1.54) is 5.56 Å². The normalized spacial score (nSPS) is 13.2. The molecular formula is C23H31IN6O. The third-order valence-electron chi connectivity index (χ3n) is 5.22. The Kier molecular flexibility index (Phi) is 9.93. The highest BCUT2D eigenvalue weighted by atomic mass is 127. The second-order valence-electron chi connectivity index (χ2n) is 7.34. The SMILES string of the molecule is Cc1nnc(CN=C(NCC(CO)c2ccccc2)NC(C)c2ccccc2)n1C.I. The van der Waals surface area contributed by atoms with Crippen LogP contribution in [-0.2, 0) is 13.6 Å². The first kappa shape index (κ1) is 24.8. The number of halogens is 1. The Balaban J connectivity index is 0.00000341. The lowest BCUT2D eigenvalue weighted by Crippen LogP contribution is -2.41. The van der Waals surface area contributed by atoms with Gasteiger partial charge in [-0.05, 0) is 25.0 Å². The standard InChI is InChI=1S/C23H30N6O.HI/c1-17(19-10-6-4-7-11-19)26-23(25-15-22-28-27-18(2)29(22)3)24-14-21(16-30)20-12-8-5-9-13-20;/h4-13,17,21,30H,14-16H2,1-3H3,(H2,24,25,26);1H. The highest BCUT2D eigenvalue weighted by Crippen LogP contribution is 2.14. The lowest BCUT2D eigenvalue weighted by molar-refractivity contribution is 0.265. The summed E-state index contributed by atoms with van der Waals surface area (Å²) >= 11 is 0. The van der Waals surface area contributed by atoms with Gasteiger partial charge in [-0.3, -0.25) is 0 Å². The van der Waals surface area contributed by atoms with Gasteiger partial charge in [0, 0.05) is 19.5 Å². The molecule has 0 amide bonds. The van der Waals surface area contributed by atoms with E-state index in [2.05, 4.69) is 39.9 Å². The van der Waals surface area contributed by atoms with Crippen LogP contribution in [0, 0.1) is 6.92 Å². The number of aliphatic imine (C=N–C) groups is 1. The molecule has 3 N–H and O–H groups in total. The van der Waals surface area contributed by atoms with Crippen LogP contribution in [0.4, 0.5) is 0 Å². The van der Waals surface area contributed by atoms with Gasteiger partial charge >= 0.3 is 0 Å². The van der Waals surface area contributed by atoms with Crippen LogP contribution in [0.5, 0.6) is 0 Å². The van der Waals surface area contributed by atoms with Gasteiger partial charge in [-0.1, -0.05) is 60.7 Å². The van der Waals surface area contributed by atoms with E-state index in [1.54, 1.807) is 0 Å². The lowest BCUT2D eigenvalue weighted by Gasteiger charge is -2.21. The molecule has 0 saturated heterocycles. The molecule has 2 aromatic carbocycles. The Labute approximate surface area is 201 Å². The van der Waals surface area contributed by atoms with E-state index in [4.69, 9.17) is 4.99 Å². The van der Waals surface area contributed by atoms with Crippen molar-refractivity contribution in [1.29, 1.82) is 0 Å². The molecule has 0 saturated carbocycles. The first-order chi connectivity index (χ1) is 14.6. The van der Waals surface area contributed by atoms with E-state index in [-0.39, 0.29) is 42.5 Å². The molecule has 8 heteroatoms. The Morgan fingerprint density at radius 2 is 1.65 bits per heavy atom. The monoisotopic (exact) mass is 534 g/mol. The molecular weight excluding hydrogens is 503 g/mol. The number of nitrogens with one attached hydrogen (secondary N) is 2. The topological polar surface area (TPSA) is 87.4 Å². The summed E-state index contributed by atoms with van der Waals surface area (Å²) in [6.45, 7) is 5.04. The summed E-state index contributed by atoms with van der Waals surface area (Å²) in [6.07, 6.45) is 0. The van der Waals surface area contributed by atoms with E-state index in [1.807, 2.05) is 67.1 Å². The van der Waals surface area contributed by atoms with E-state index < -0.39 is 0 Å². The maximum atomic E-state index is 9.88. The zero-order chi connectivity index (χ0) is 21.3. The molecule has 0 spiro atoms. The largest absolute Gasteiger partial charge is 0.396 e. The first-order valence-corrected chi connectivity index (χ1v) is 10.2. The molecule has 0 aliphatic heterocycles. The van der Waals surface area contributed by atoms with Gasteiger partial charge in [-0.15, -0.1) is 34.2 Å². The highest BCUT2D eigenvalue weighted by Gasteiger charge is 2.13. The number of guanidine groups is 1. The molecule has 2 atom stereocenters. The summed E-state index contributed by atoms with van der Waals surface area (Å²) < 4.78 is 1.93. The molecule has 1 heterocycles. The summed E-state index contributed by atoms with van der Waals surface area (Å²) in [6, 6.07) is 20.3. The van der Waals surface area contributed by atoms with Crippen LogP contribution in [0.25, 0.3) is 0 Å². The van der Waals surface area contributed by atoms with Crippen molar-refractivity contribution in [3.63, 3.8) is 0 Å². The number of aliphatic hydroxyl groups excluding tert-OH is 1. The summed E-state index contributed by atoms with van der Waals surface area (Å²) in [4.78, 5) is 4.72. The van der Waals surface area contributed by atoms with E-state index in [9.17, 15) is 5.11 Å². The second-order valence-corrected chi connectivity index (χ2v) is 7.34. The summed E-state index contributed by atoms with van der Waals surface area (Å²) in [5.41, 5.74) is 2.26. The average molecular weight is 534 g/mol. The maximum Gasteiger partial charge on any atom is 0.192 e. The fourth-order valence-electron chi connectivity index (χ4n) is 3.15.